The Hall–Kier alpha value is -2.86. The molecular formula is C22H26N4O2. The zero-order chi connectivity index (χ0) is 19.5. The van der Waals surface area contributed by atoms with Crippen molar-refractivity contribution in [3.8, 4) is 5.75 Å². The van der Waals surface area contributed by atoms with Crippen LogP contribution in [-0.4, -0.2) is 40.4 Å². The highest BCUT2D eigenvalue weighted by Gasteiger charge is 2.26. The van der Waals surface area contributed by atoms with Crippen molar-refractivity contribution >= 4 is 17.2 Å². The number of rotatable bonds is 5. The minimum Gasteiger partial charge on any atom is -0.495 e. The maximum atomic E-state index is 12.6. The summed E-state index contributed by atoms with van der Waals surface area (Å²) >= 11 is 0. The van der Waals surface area contributed by atoms with Crippen molar-refractivity contribution in [1.82, 2.24) is 14.3 Å². The predicted octanol–water partition coefficient (Wildman–Crippen LogP) is 3.50. The predicted molar refractivity (Wildman–Crippen MR) is 110 cm³/mol. The van der Waals surface area contributed by atoms with Crippen molar-refractivity contribution < 1.29 is 9.53 Å². The number of ether oxygens (including phenoxy) is 1. The van der Waals surface area contributed by atoms with Crippen molar-refractivity contribution in [3.05, 3.63) is 60.0 Å². The Morgan fingerprint density at radius 1 is 1.18 bits per heavy atom. The lowest BCUT2D eigenvalue weighted by atomic mass is 9.95. The monoisotopic (exact) mass is 378 g/mol. The van der Waals surface area contributed by atoms with E-state index in [1.54, 1.807) is 7.11 Å². The van der Waals surface area contributed by atoms with Crippen molar-refractivity contribution in [2.24, 2.45) is 5.92 Å². The van der Waals surface area contributed by atoms with E-state index in [-0.39, 0.29) is 11.8 Å². The fraction of sp³-hybridized carbons (Fsp3) is 0.364. The number of carbonyl (C=O) groups is 1. The molecule has 1 saturated heterocycles. The molecule has 0 unspecified atom stereocenters. The van der Waals surface area contributed by atoms with E-state index in [4.69, 9.17) is 9.72 Å². The smallest absolute Gasteiger partial charge is 0.227 e. The number of anilines is 1. The molecule has 1 N–H and O–H groups in total. The third-order valence-electron chi connectivity index (χ3n) is 5.36. The Morgan fingerprint density at radius 2 is 1.96 bits per heavy atom. The number of methoxy groups -OCH3 is 1. The van der Waals surface area contributed by atoms with E-state index in [9.17, 15) is 4.79 Å². The second kappa shape index (κ2) is 8.02. The number of imidazole rings is 1. The summed E-state index contributed by atoms with van der Waals surface area (Å²) in [6, 6.07) is 11.7. The maximum absolute atomic E-state index is 12.6. The summed E-state index contributed by atoms with van der Waals surface area (Å²) in [5.74, 6) is 0.799. The van der Waals surface area contributed by atoms with Crippen molar-refractivity contribution in [1.29, 1.82) is 0 Å². The molecule has 0 radical (unpaired) electrons. The zero-order valence-corrected chi connectivity index (χ0v) is 16.4. The number of aromatic nitrogens is 2. The van der Waals surface area contributed by atoms with Gasteiger partial charge in [-0.15, -0.1) is 0 Å². The first-order valence-corrected chi connectivity index (χ1v) is 9.73. The number of likely N-dealkylation sites (tertiary alicyclic amines) is 1. The van der Waals surface area contributed by atoms with Gasteiger partial charge < -0.3 is 14.5 Å². The van der Waals surface area contributed by atoms with Gasteiger partial charge in [0.05, 0.1) is 18.5 Å². The number of aryl methyl sites for hydroxylation is 1. The highest BCUT2D eigenvalue weighted by molar-refractivity contribution is 5.94. The molecule has 6 nitrogen and oxygen atoms in total. The summed E-state index contributed by atoms with van der Waals surface area (Å²) in [5.41, 5.74) is 4.00. The molecule has 2 aromatic heterocycles. The zero-order valence-electron chi connectivity index (χ0n) is 16.4. The van der Waals surface area contributed by atoms with Crippen molar-refractivity contribution in [3.63, 3.8) is 0 Å². The van der Waals surface area contributed by atoms with Gasteiger partial charge in [-0.2, -0.15) is 0 Å². The second-order valence-corrected chi connectivity index (χ2v) is 7.44. The highest BCUT2D eigenvalue weighted by atomic mass is 16.5. The van der Waals surface area contributed by atoms with Gasteiger partial charge in [0.15, 0.2) is 0 Å². The van der Waals surface area contributed by atoms with Gasteiger partial charge in [0.25, 0.3) is 0 Å². The van der Waals surface area contributed by atoms with Crippen LogP contribution in [0.1, 0.15) is 24.1 Å². The lowest BCUT2D eigenvalue weighted by Crippen LogP contribution is -2.37. The summed E-state index contributed by atoms with van der Waals surface area (Å²) in [4.78, 5) is 19.7. The maximum Gasteiger partial charge on any atom is 0.227 e. The number of nitrogens with zero attached hydrogens (tertiary/aromatic N) is 3. The summed E-state index contributed by atoms with van der Waals surface area (Å²) in [6.07, 6.45) is 5.91. The molecule has 1 aromatic carbocycles. The van der Waals surface area contributed by atoms with Gasteiger partial charge in [0.2, 0.25) is 5.91 Å². The van der Waals surface area contributed by atoms with E-state index < -0.39 is 0 Å². The third kappa shape index (κ3) is 4.02. The number of benzene rings is 1. The van der Waals surface area contributed by atoms with Crippen LogP contribution in [0.2, 0.25) is 0 Å². The molecule has 0 saturated carbocycles. The summed E-state index contributed by atoms with van der Waals surface area (Å²) in [7, 11) is 1.62. The molecule has 0 spiro atoms. The molecule has 146 valence electrons. The molecular weight excluding hydrogens is 352 g/mol. The fourth-order valence-corrected chi connectivity index (χ4v) is 3.80. The molecule has 3 heterocycles. The number of hydrogen-bond donors (Lipinski definition) is 1. The highest BCUT2D eigenvalue weighted by Crippen LogP contribution is 2.26. The Kier molecular flexibility index (Phi) is 5.30. The average Bonchev–Trinajstić information content (AvgIpc) is 3.10. The number of pyridine rings is 1. The number of nitrogens with one attached hydrogen (secondary N) is 1. The first kappa shape index (κ1) is 18.5. The van der Waals surface area contributed by atoms with Gasteiger partial charge in [-0.3, -0.25) is 9.69 Å². The Balaban J connectivity index is 1.33. The molecule has 1 aliphatic rings. The molecule has 3 aromatic rings. The van der Waals surface area contributed by atoms with Crippen LogP contribution < -0.4 is 10.1 Å². The van der Waals surface area contributed by atoms with Crippen LogP contribution in [-0.2, 0) is 11.3 Å². The minimum atomic E-state index is 0.0323. The lowest BCUT2D eigenvalue weighted by molar-refractivity contribution is -0.121. The topological polar surface area (TPSA) is 58.9 Å². The van der Waals surface area contributed by atoms with Crippen LogP contribution in [0.25, 0.3) is 5.65 Å². The van der Waals surface area contributed by atoms with E-state index >= 15 is 0 Å². The molecule has 0 atom stereocenters. The van der Waals surface area contributed by atoms with Gasteiger partial charge in [-0.05, 0) is 56.6 Å². The minimum absolute atomic E-state index is 0.0323. The number of amides is 1. The van der Waals surface area contributed by atoms with E-state index in [0.29, 0.717) is 5.75 Å². The van der Waals surface area contributed by atoms with E-state index in [1.165, 1.54) is 5.56 Å². The number of carbonyl (C=O) groups excluding carboxylic acids is 1. The summed E-state index contributed by atoms with van der Waals surface area (Å²) in [6.45, 7) is 4.70. The van der Waals surface area contributed by atoms with Crippen molar-refractivity contribution in [2.45, 2.75) is 26.3 Å². The summed E-state index contributed by atoms with van der Waals surface area (Å²) in [5, 5.41) is 3.02. The third-order valence-corrected chi connectivity index (χ3v) is 5.36. The van der Waals surface area contributed by atoms with Crippen molar-refractivity contribution in [2.75, 3.05) is 25.5 Å². The van der Waals surface area contributed by atoms with Crippen LogP contribution in [0.3, 0.4) is 0 Å². The SMILES string of the molecule is COc1ccccc1NC(=O)C1CCN(Cc2cn3cc(C)ccc3n2)CC1. The summed E-state index contributed by atoms with van der Waals surface area (Å²) < 4.78 is 7.40. The molecule has 1 amide bonds. The number of hydrogen-bond acceptors (Lipinski definition) is 4. The van der Waals surface area contributed by atoms with Gasteiger partial charge in [-0.1, -0.05) is 18.2 Å². The Labute approximate surface area is 165 Å². The molecule has 0 aliphatic carbocycles. The van der Waals surface area contributed by atoms with E-state index in [2.05, 4.69) is 40.0 Å². The first-order valence-electron chi connectivity index (χ1n) is 9.73. The molecule has 4 rings (SSSR count). The fourth-order valence-electron chi connectivity index (χ4n) is 3.80. The van der Waals surface area contributed by atoms with Gasteiger partial charge in [0.1, 0.15) is 11.4 Å². The van der Waals surface area contributed by atoms with Gasteiger partial charge in [0, 0.05) is 24.9 Å². The Bertz CT molecular complexity index is 974. The molecule has 1 fully saturated rings. The Morgan fingerprint density at radius 3 is 2.75 bits per heavy atom. The second-order valence-electron chi connectivity index (χ2n) is 7.44. The first-order chi connectivity index (χ1) is 13.6. The average molecular weight is 378 g/mol. The molecule has 6 heteroatoms. The quantitative estimate of drug-likeness (QED) is 0.738. The molecule has 28 heavy (non-hydrogen) atoms. The van der Waals surface area contributed by atoms with Gasteiger partial charge >= 0.3 is 0 Å². The van der Waals surface area contributed by atoms with Crippen LogP contribution in [0.5, 0.6) is 5.75 Å². The van der Waals surface area contributed by atoms with Crippen LogP contribution in [0, 0.1) is 12.8 Å². The standard InChI is InChI=1S/C22H26N4O2/c1-16-7-8-21-23-18(15-26(21)13-16)14-25-11-9-17(10-12-25)22(27)24-19-5-3-4-6-20(19)28-2/h3-8,13,15,17H,9-12,14H2,1-2H3,(H,24,27). The normalized spacial score (nSPS) is 15.6. The number of para-hydroxylation sites is 2. The lowest BCUT2D eigenvalue weighted by Gasteiger charge is -2.30. The van der Waals surface area contributed by atoms with Crippen LogP contribution in [0.15, 0.2) is 48.8 Å². The molecule has 1 aliphatic heterocycles. The number of piperidine rings is 1. The van der Waals surface area contributed by atoms with Crippen LogP contribution in [0.4, 0.5) is 5.69 Å². The van der Waals surface area contributed by atoms with Gasteiger partial charge in [-0.25, -0.2) is 4.98 Å². The largest absolute Gasteiger partial charge is 0.495 e. The van der Waals surface area contributed by atoms with E-state index in [0.717, 1.165) is 49.5 Å². The van der Waals surface area contributed by atoms with Crippen LogP contribution >= 0.6 is 0 Å². The molecule has 0 bridgehead atoms. The van der Waals surface area contributed by atoms with E-state index in [1.807, 2.05) is 30.3 Å². The number of fused-ring (bicyclic) bond motifs is 1.